The monoisotopic (exact) mass is 751 g/mol. The number of benzene rings is 3. The SMILES string of the molecule is CC1=CCC[C@@]2(C)[C@@H](CC[C@@]2(O)CN(Cc2ccc(OC(F)(F)F)cc2)C[C@H](O)CO)c2ccc(cc2C(=O)c2cc3ccccc3s2)C[C@@H](O)CC1. The zero-order chi connectivity index (χ0) is 38.0. The number of ether oxygens (including phenoxy) is 1. The Bertz CT molecular complexity index is 1890. The van der Waals surface area contributed by atoms with E-state index in [2.05, 4.69) is 24.7 Å². The van der Waals surface area contributed by atoms with E-state index in [0.717, 1.165) is 33.2 Å². The van der Waals surface area contributed by atoms with E-state index in [9.17, 15) is 38.4 Å². The van der Waals surface area contributed by atoms with Gasteiger partial charge in [-0.25, -0.2) is 0 Å². The minimum absolute atomic E-state index is 0.0199. The Morgan fingerprint density at radius 3 is 2.53 bits per heavy atom. The Morgan fingerprint density at radius 2 is 1.81 bits per heavy atom. The number of thiophene rings is 1. The highest BCUT2D eigenvalue weighted by atomic mass is 32.1. The van der Waals surface area contributed by atoms with Crippen molar-refractivity contribution in [2.24, 2.45) is 5.41 Å². The van der Waals surface area contributed by atoms with Crippen LogP contribution in [0, 0.1) is 5.41 Å². The van der Waals surface area contributed by atoms with E-state index in [0.29, 0.717) is 54.5 Å². The normalized spacial score (nSPS) is 24.5. The smallest absolute Gasteiger partial charge is 0.406 e. The molecule has 4 N–H and O–H groups in total. The number of alkyl halides is 3. The molecular formula is C42H48F3NO6S. The van der Waals surface area contributed by atoms with E-state index in [1.54, 1.807) is 0 Å². The number of aliphatic hydroxyl groups excluding tert-OH is 3. The number of nitrogens with zero attached hydrogens (tertiary/aromatic N) is 1. The molecule has 0 saturated heterocycles. The van der Waals surface area contributed by atoms with Crippen molar-refractivity contribution in [1.82, 2.24) is 4.90 Å². The summed E-state index contributed by atoms with van der Waals surface area (Å²) in [5.41, 5.74) is 2.03. The number of carbonyl (C=O) groups is 1. The molecule has 3 aliphatic rings. The van der Waals surface area contributed by atoms with Crippen molar-refractivity contribution in [3.05, 3.63) is 112 Å². The molecule has 1 aromatic heterocycles. The molecule has 1 heterocycles. The predicted octanol–water partition coefficient (Wildman–Crippen LogP) is 7.92. The molecule has 0 aliphatic heterocycles. The molecule has 2 bridgehead atoms. The van der Waals surface area contributed by atoms with E-state index in [1.807, 2.05) is 53.4 Å². The van der Waals surface area contributed by atoms with Gasteiger partial charge in [0.2, 0.25) is 5.78 Å². The Kier molecular flexibility index (Phi) is 11.8. The molecule has 1 fully saturated rings. The van der Waals surface area contributed by atoms with Gasteiger partial charge in [0.05, 0.1) is 29.3 Å². The van der Waals surface area contributed by atoms with E-state index in [1.165, 1.54) is 35.6 Å². The maximum atomic E-state index is 14.5. The molecule has 3 aliphatic carbocycles. The first-order chi connectivity index (χ1) is 25.2. The van der Waals surface area contributed by atoms with Crippen LogP contribution in [0.15, 0.2) is 84.4 Å². The summed E-state index contributed by atoms with van der Waals surface area (Å²) in [6.45, 7) is 3.96. The number of rotatable bonds is 10. The highest BCUT2D eigenvalue weighted by Gasteiger charge is 2.57. The summed E-state index contributed by atoms with van der Waals surface area (Å²) < 4.78 is 43.4. The van der Waals surface area contributed by atoms with E-state index >= 15 is 0 Å². The summed E-state index contributed by atoms with van der Waals surface area (Å²) in [7, 11) is 0. The Balaban J connectivity index is 1.38. The van der Waals surface area contributed by atoms with E-state index in [4.69, 9.17) is 0 Å². The second-order valence-electron chi connectivity index (χ2n) is 15.1. The minimum atomic E-state index is -4.82. The third-order valence-electron chi connectivity index (χ3n) is 11.3. The predicted molar refractivity (Wildman–Crippen MR) is 200 cm³/mol. The molecular weight excluding hydrogens is 704 g/mol. The van der Waals surface area contributed by atoms with Gasteiger partial charge >= 0.3 is 6.36 Å². The molecule has 0 radical (unpaired) electrons. The van der Waals surface area contributed by atoms with Gasteiger partial charge < -0.3 is 25.2 Å². The average molecular weight is 752 g/mol. The summed E-state index contributed by atoms with van der Waals surface area (Å²) in [6.07, 6.45) is -0.367. The van der Waals surface area contributed by atoms with Crippen LogP contribution in [0.5, 0.6) is 5.75 Å². The first-order valence-corrected chi connectivity index (χ1v) is 19.1. The first-order valence-electron chi connectivity index (χ1n) is 18.2. The van der Waals surface area contributed by atoms with Crippen LogP contribution in [0.4, 0.5) is 13.2 Å². The molecule has 5 atom stereocenters. The third kappa shape index (κ3) is 9.04. The molecule has 0 amide bonds. The highest BCUT2D eigenvalue weighted by Crippen LogP contribution is 2.59. The zero-order valence-corrected chi connectivity index (χ0v) is 30.9. The lowest BCUT2D eigenvalue weighted by Crippen LogP contribution is -2.53. The molecule has 284 valence electrons. The van der Waals surface area contributed by atoms with Gasteiger partial charge in [-0.1, -0.05) is 61.0 Å². The van der Waals surface area contributed by atoms with Crippen LogP contribution in [0.2, 0.25) is 0 Å². The summed E-state index contributed by atoms with van der Waals surface area (Å²) in [4.78, 5) is 17.0. The lowest BCUT2D eigenvalue weighted by Gasteiger charge is -2.46. The fourth-order valence-electron chi connectivity index (χ4n) is 8.39. The molecule has 0 unspecified atom stereocenters. The number of ketones is 1. The van der Waals surface area contributed by atoms with Gasteiger partial charge in [-0.15, -0.1) is 24.5 Å². The van der Waals surface area contributed by atoms with Gasteiger partial charge in [-0.2, -0.15) is 0 Å². The lowest BCUT2D eigenvalue weighted by molar-refractivity contribution is -0.274. The van der Waals surface area contributed by atoms with Gasteiger partial charge in [0.1, 0.15) is 5.75 Å². The Hall–Kier alpha value is -3.58. The zero-order valence-electron chi connectivity index (χ0n) is 30.1. The van der Waals surface area contributed by atoms with E-state index < -0.39 is 36.2 Å². The average Bonchev–Trinajstić information content (AvgIpc) is 3.65. The molecule has 3 aromatic carbocycles. The van der Waals surface area contributed by atoms with Crippen molar-refractivity contribution in [1.29, 1.82) is 0 Å². The van der Waals surface area contributed by atoms with Crippen LogP contribution < -0.4 is 4.74 Å². The van der Waals surface area contributed by atoms with Gasteiger partial charge in [-0.3, -0.25) is 9.69 Å². The van der Waals surface area contributed by atoms with Gasteiger partial charge in [-0.05, 0) is 110 Å². The number of aliphatic hydroxyl groups is 4. The van der Waals surface area contributed by atoms with Crippen molar-refractivity contribution >= 4 is 27.2 Å². The number of allylic oxidation sites excluding steroid dienone is 2. The summed E-state index contributed by atoms with van der Waals surface area (Å²) in [5.74, 6) is -0.666. The van der Waals surface area contributed by atoms with Crippen molar-refractivity contribution in [2.45, 2.75) is 95.4 Å². The van der Waals surface area contributed by atoms with Gasteiger partial charge in [0, 0.05) is 35.3 Å². The maximum absolute atomic E-state index is 14.5. The Morgan fingerprint density at radius 1 is 1.06 bits per heavy atom. The highest BCUT2D eigenvalue weighted by molar-refractivity contribution is 7.21. The molecule has 11 heteroatoms. The third-order valence-corrected chi connectivity index (χ3v) is 12.4. The van der Waals surface area contributed by atoms with E-state index in [-0.39, 0.29) is 37.1 Å². The molecule has 53 heavy (non-hydrogen) atoms. The first kappa shape index (κ1) is 39.1. The van der Waals surface area contributed by atoms with Crippen LogP contribution in [0.3, 0.4) is 0 Å². The molecule has 7 rings (SSSR count). The van der Waals surface area contributed by atoms with Crippen LogP contribution in [-0.2, 0) is 13.0 Å². The molecule has 7 nitrogen and oxygen atoms in total. The van der Waals surface area contributed by atoms with Crippen LogP contribution in [0.25, 0.3) is 10.1 Å². The number of hydrogen-bond donors (Lipinski definition) is 4. The fraction of sp³-hybridized carbons (Fsp3) is 0.452. The quantitative estimate of drug-likeness (QED) is 0.0963. The lowest BCUT2D eigenvalue weighted by atomic mass is 9.64. The maximum Gasteiger partial charge on any atom is 0.573 e. The van der Waals surface area contributed by atoms with Crippen molar-refractivity contribution in [2.75, 3.05) is 19.7 Å². The number of halogens is 3. The standard InChI is InChI=1S/C42H48F3NO6S/c1-27-6-5-18-40(2)36(17-19-41(40,51)26-46(24-32(49)25-47)23-28-10-14-33(15-11-28)52-42(43,44)45)34-16-12-29(20-31(48)13-9-27)21-35(34)39(50)38-22-30-7-3-4-8-37(30)53-38/h3-4,6-8,10-12,14-16,21-22,31-32,36,47-49,51H,5,9,13,17-20,23-26H2,1-2H3/t31-,32-,36-,40-,41+/m0/s1. The number of hydrogen-bond acceptors (Lipinski definition) is 8. The summed E-state index contributed by atoms with van der Waals surface area (Å²) in [5, 5.41) is 45.2. The minimum Gasteiger partial charge on any atom is -0.406 e. The van der Waals surface area contributed by atoms with Gasteiger partial charge in [0.25, 0.3) is 0 Å². The van der Waals surface area contributed by atoms with Crippen molar-refractivity contribution in [3.8, 4) is 5.75 Å². The topological polar surface area (TPSA) is 110 Å². The summed E-state index contributed by atoms with van der Waals surface area (Å²) >= 11 is 1.45. The summed E-state index contributed by atoms with van der Waals surface area (Å²) in [6, 6.07) is 21.2. The Labute approximate surface area is 312 Å². The number of fused-ring (bicyclic) bond motifs is 9. The largest absolute Gasteiger partial charge is 0.573 e. The van der Waals surface area contributed by atoms with Crippen molar-refractivity contribution in [3.63, 3.8) is 0 Å². The number of carbonyl (C=O) groups excluding carboxylic acids is 1. The molecule has 1 saturated carbocycles. The fourth-order valence-corrected chi connectivity index (χ4v) is 9.41. The molecule has 0 spiro atoms. The second kappa shape index (κ2) is 16.0. The van der Waals surface area contributed by atoms with Gasteiger partial charge in [0.15, 0.2) is 0 Å². The second-order valence-corrected chi connectivity index (χ2v) is 16.2. The molecule has 4 aromatic rings. The van der Waals surface area contributed by atoms with Crippen molar-refractivity contribution < 1.29 is 43.1 Å². The van der Waals surface area contributed by atoms with Crippen LogP contribution in [0.1, 0.15) is 90.2 Å². The van der Waals surface area contributed by atoms with Crippen LogP contribution >= 0.6 is 11.3 Å². The van der Waals surface area contributed by atoms with Crippen LogP contribution in [-0.4, -0.2) is 75.0 Å².